The van der Waals surface area contributed by atoms with E-state index < -0.39 is 0 Å². The Bertz CT molecular complexity index is 422. The number of aromatic nitrogens is 1. The zero-order chi connectivity index (χ0) is 11.3. The summed E-state index contributed by atoms with van der Waals surface area (Å²) in [4.78, 5) is 3.99. The van der Waals surface area contributed by atoms with Gasteiger partial charge in [0.2, 0.25) is 0 Å². The lowest BCUT2D eigenvalue weighted by Crippen LogP contribution is -1.78. The number of benzene rings is 1. The molecule has 0 spiro atoms. The summed E-state index contributed by atoms with van der Waals surface area (Å²) in [5, 5.41) is 0. The van der Waals surface area contributed by atoms with E-state index in [0.717, 1.165) is 0 Å². The number of aryl methyl sites for hydroxylation is 1. The van der Waals surface area contributed by atoms with Crippen molar-refractivity contribution < 1.29 is 8.81 Å². The number of oxazole rings is 1. The average molecular weight is 209 g/mol. The minimum absolute atomic E-state index is 0.323. The number of rotatable bonds is 1. The zero-order valence-corrected chi connectivity index (χ0v) is 9.38. The van der Waals surface area contributed by atoms with Crippen LogP contribution in [0.4, 0.5) is 4.39 Å². The van der Waals surface area contributed by atoms with Crippen LogP contribution in [0.5, 0.6) is 0 Å². The van der Waals surface area contributed by atoms with Crippen molar-refractivity contribution in [2.45, 2.75) is 33.6 Å². The Morgan fingerprint density at radius 1 is 1.27 bits per heavy atom. The molecule has 0 amide bonds. The van der Waals surface area contributed by atoms with Crippen molar-refractivity contribution in [3.05, 3.63) is 29.9 Å². The maximum atomic E-state index is 13.0. The fourth-order valence-corrected chi connectivity index (χ4v) is 1.11. The van der Waals surface area contributed by atoms with Crippen molar-refractivity contribution in [1.82, 2.24) is 4.98 Å². The Morgan fingerprint density at radius 3 is 2.47 bits per heavy atom. The van der Waals surface area contributed by atoms with E-state index in [-0.39, 0.29) is 5.82 Å². The van der Waals surface area contributed by atoms with Crippen LogP contribution in [0.2, 0.25) is 0 Å². The number of hydrogen-bond acceptors (Lipinski definition) is 2. The molecule has 15 heavy (non-hydrogen) atoms. The Morgan fingerprint density at radius 2 is 1.93 bits per heavy atom. The van der Waals surface area contributed by atoms with Gasteiger partial charge < -0.3 is 4.42 Å². The predicted octanol–water partition coefficient (Wildman–Crippen LogP) is 3.95. The maximum absolute atomic E-state index is 13.0. The second-order valence-corrected chi connectivity index (χ2v) is 3.25. The molecule has 0 atom stereocenters. The maximum Gasteiger partial charge on any atom is 0.195 e. The monoisotopic (exact) mass is 209 g/mol. The highest BCUT2D eigenvalue weighted by Gasteiger charge is 2.06. The van der Waals surface area contributed by atoms with Gasteiger partial charge in [-0.3, -0.25) is 0 Å². The van der Waals surface area contributed by atoms with E-state index in [4.69, 9.17) is 4.42 Å². The van der Waals surface area contributed by atoms with Crippen LogP contribution < -0.4 is 0 Å². The molecule has 0 bridgehead atoms. The molecule has 0 unspecified atom stereocenters. The third kappa shape index (κ3) is 2.78. The number of nitrogens with zero attached hydrogens (tertiary/aromatic N) is 1. The standard InChI is InChI=1S/C9H8FNO.C3H8/c1-2-8-11-9-6(10)4-3-5-7(9)12-8;1-3-2/h3-5H,2H2,1H3;3H2,1-2H3. The average Bonchev–Trinajstić information content (AvgIpc) is 2.63. The molecule has 0 saturated carbocycles. The van der Waals surface area contributed by atoms with Crippen molar-refractivity contribution in [1.29, 1.82) is 0 Å². The minimum Gasteiger partial charge on any atom is -0.441 e. The lowest BCUT2D eigenvalue weighted by atomic mass is 10.3. The van der Waals surface area contributed by atoms with Crippen LogP contribution in [0, 0.1) is 5.82 Å². The molecule has 1 aromatic heterocycles. The normalized spacial score (nSPS) is 9.87. The number of hydrogen-bond donors (Lipinski definition) is 0. The van der Waals surface area contributed by atoms with Crippen LogP contribution in [0.25, 0.3) is 11.1 Å². The summed E-state index contributed by atoms with van der Waals surface area (Å²) in [6.07, 6.45) is 1.94. The topological polar surface area (TPSA) is 26.0 Å². The first-order valence-electron chi connectivity index (χ1n) is 5.26. The van der Waals surface area contributed by atoms with Gasteiger partial charge >= 0.3 is 0 Å². The summed E-state index contributed by atoms with van der Waals surface area (Å²) in [6, 6.07) is 4.71. The van der Waals surface area contributed by atoms with E-state index in [2.05, 4.69) is 18.8 Å². The molecule has 0 aliphatic heterocycles. The van der Waals surface area contributed by atoms with Gasteiger partial charge in [0.15, 0.2) is 17.3 Å². The Labute approximate surface area is 89.1 Å². The minimum atomic E-state index is -0.323. The highest BCUT2D eigenvalue weighted by Crippen LogP contribution is 2.18. The van der Waals surface area contributed by atoms with Crippen molar-refractivity contribution in [2.24, 2.45) is 0 Å². The van der Waals surface area contributed by atoms with Crippen molar-refractivity contribution in [2.75, 3.05) is 0 Å². The highest BCUT2D eigenvalue weighted by atomic mass is 19.1. The van der Waals surface area contributed by atoms with Crippen molar-refractivity contribution >= 4 is 11.1 Å². The number of halogens is 1. The molecule has 2 rings (SSSR count). The molecule has 82 valence electrons. The molecular formula is C12H16FNO. The fourth-order valence-electron chi connectivity index (χ4n) is 1.11. The van der Waals surface area contributed by atoms with Gasteiger partial charge in [-0.05, 0) is 12.1 Å². The second kappa shape index (κ2) is 5.49. The van der Waals surface area contributed by atoms with E-state index in [9.17, 15) is 4.39 Å². The first kappa shape index (κ1) is 11.7. The fraction of sp³-hybridized carbons (Fsp3) is 0.417. The molecule has 0 saturated heterocycles. The van der Waals surface area contributed by atoms with Crippen LogP contribution >= 0.6 is 0 Å². The number of para-hydroxylation sites is 1. The number of fused-ring (bicyclic) bond motifs is 1. The molecule has 0 N–H and O–H groups in total. The van der Waals surface area contributed by atoms with E-state index in [0.29, 0.717) is 23.4 Å². The van der Waals surface area contributed by atoms with Crippen LogP contribution in [0.15, 0.2) is 22.6 Å². The molecule has 1 aromatic carbocycles. The van der Waals surface area contributed by atoms with E-state index >= 15 is 0 Å². The molecule has 2 aromatic rings. The molecule has 3 heteroatoms. The van der Waals surface area contributed by atoms with E-state index in [1.807, 2.05) is 6.92 Å². The van der Waals surface area contributed by atoms with Gasteiger partial charge in [-0.15, -0.1) is 0 Å². The van der Waals surface area contributed by atoms with Gasteiger partial charge in [0, 0.05) is 6.42 Å². The van der Waals surface area contributed by atoms with Crippen molar-refractivity contribution in [3.63, 3.8) is 0 Å². The molecule has 0 fully saturated rings. The highest BCUT2D eigenvalue weighted by molar-refractivity contribution is 5.72. The molecular weight excluding hydrogens is 193 g/mol. The SMILES string of the molecule is CCC.CCc1nc2c(F)cccc2o1. The molecule has 0 aliphatic rings. The molecule has 2 nitrogen and oxygen atoms in total. The summed E-state index contributed by atoms with van der Waals surface area (Å²) in [5.41, 5.74) is 0.848. The lowest BCUT2D eigenvalue weighted by molar-refractivity contribution is 0.538. The summed E-state index contributed by atoms with van der Waals surface area (Å²) >= 11 is 0. The first-order valence-corrected chi connectivity index (χ1v) is 5.26. The third-order valence-electron chi connectivity index (χ3n) is 1.72. The van der Waals surface area contributed by atoms with Crippen LogP contribution in [0.1, 0.15) is 33.1 Å². The quantitative estimate of drug-likeness (QED) is 0.710. The largest absolute Gasteiger partial charge is 0.441 e. The van der Waals surface area contributed by atoms with E-state index in [1.54, 1.807) is 12.1 Å². The molecule has 0 radical (unpaired) electrons. The molecule has 1 heterocycles. The first-order chi connectivity index (χ1) is 7.22. The smallest absolute Gasteiger partial charge is 0.195 e. The van der Waals surface area contributed by atoms with Crippen molar-refractivity contribution in [3.8, 4) is 0 Å². The Hall–Kier alpha value is -1.38. The van der Waals surface area contributed by atoms with Gasteiger partial charge in [0.1, 0.15) is 5.52 Å². The Kier molecular flexibility index (Phi) is 4.28. The van der Waals surface area contributed by atoms with Gasteiger partial charge in [0.25, 0.3) is 0 Å². The zero-order valence-electron chi connectivity index (χ0n) is 9.38. The third-order valence-corrected chi connectivity index (χ3v) is 1.72. The molecule has 0 aliphatic carbocycles. The predicted molar refractivity (Wildman–Crippen MR) is 59.3 cm³/mol. The summed E-state index contributed by atoms with van der Waals surface area (Å²) in [5.74, 6) is 0.256. The lowest BCUT2D eigenvalue weighted by Gasteiger charge is -1.85. The van der Waals surface area contributed by atoms with E-state index in [1.165, 1.54) is 12.5 Å². The Balaban J connectivity index is 0.000000337. The summed E-state index contributed by atoms with van der Waals surface area (Å²) in [7, 11) is 0. The van der Waals surface area contributed by atoms with Gasteiger partial charge in [-0.1, -0.05) is 33.3 Å². The van der Waals surface area contributed by atoms with Crippen LogP contribution in [0.3, 0.4) is 0 Å². The van der Waals surface area contributed by atoms with Gasteiger partial charge in [-0.25, -0.2) is 9.37 Å². The van der Waals surface area contributed by atoms with Gasteiger partial charge in [-0.2, -0.15) is 0 Å². The summed E-state index contributed by atoms with van der Waals surface area (Å²) < 4.78 is 18.3. The summed E-state index contributed by atoms with van der Waals surface area (Å²) in [6.45, 7) is 6.17. The van der Waals surface area contributed by atoms with Crippen LogP contribution in [-0.2, 0) is 6.42 Å². The van der Waals surface area contributed by atoms with Crippen LogP contribution in [-0.4, -0.2) is 4.98 Å². The van der Waals surface area contributed by atoms with Gasteiger partial charge in [0.05, 0.1) is 0 Å². The second-order valence-electron chi connectivity index (χ2n) is 3.25.